The van der Waals surface area contributed by atoms with Crippen LogP contribution in [0, 0.1) is 6.92 Å². The number of benzene rings is 1. The summed E-state index contributed by atoms with van der Waals surface area (Å²) in [5, 5.41) is 0. The normalized spacial score (nSPS) is 10.3. The van der Waals surface area contributed by atoms with Crippen LogP contribution >= 0.6 is 0 Å². The number of nitrogens with zero attached hydrogens (tertiary/aromatic N) is 1. The molecule has 13 heavy (non-hydrogen) atoms. The van der Waals surface area contributed by atoms with Gasteiger partial charge < -0.3 is 0 Å². The molecule has 0 N–H and O–H groups in total. The summed E-state index contributed by atoms with van der Waals surface area (Å²) in [6, 6.07) is 12.1. The third kappa shape index (κ3) is 1.47. The second kappa shape index (κ2) is 3.05. The predicted octanol–water partition coefficient (Wildman–Crippen LogP) is 2.08. The second-order valence-electron chi connectivity index (χ2n) is 3.10. The zero-order valence-electron chi connectivity index (χ0n) is 7.82. The van der Waals surface area contributed by atoms with Gasteiger partial charge in [0.2, 0.25) is 11.5 Å². The van der Waals surface area contributed by atoms with Gasteiger partial charge in [0.15, 0.2) is 7.05 Å². The van der Waals surface area contributed by atoms with Crippen LogP contribution in [0.25, 0.3) is 11.3 Å². The molecule has 66 valence electrons. The van der Waals surface area contributed by atoms with E-state index in [0.29, 0.717) is 0 Å². The standard InChI is InChI=1S/C11H12NO/c1-9-8-11(13-12(9)2)10-6-4-3-5-7-10/h3-8H,1-2H3/q+1. The van der Waals surface area contributed by atoms with E-state index in [1.54, 1.807) is 4.74 Å². The molecule has 0 unspecified atom stereocenters. The molecule has 1 aromatic carbocycles. The Morgan fingerprint density at radius 3 is 2.38 bits per heavy atom. The molecule has 0 atom stereocenters. The van der Waals surface area contributed by atoms with Crippen molar-refractivity contribution in [2.24, 2.45) is 7.05 Å². The summed E-state index contributed by atoms with van der Waals surface area (Å²) >= 11 is 0. The minimum atomic E-state index is 0.917. The number of rotatable bonds is 1. The third-order valence-corrected chi connectivity index (χ3v) is 2.13. The van der Waals surface area contributed by atoms with E-state index in [4.69, 9.17) is 4.52 Å². The van der Waals surface area contributed by atoms with Crippen molar-refractivity contribution >= 4 is 0 Å². The summed E-state index contributed by atoms with van der Waals surface area (Å²) < 4.78 is 7.28. The fourth-order valence-corrected chi connectivity index (χ4v) is 1.26. The summed E-state index contributed by atoms with van der Waals surface area (Å²) in [6.45, 7) is 2.02. The SMILES string of the molecule is Cc1cc(-c2ccccc2)o[n+]1C. The lowest BCUT2D eigenvalue weighted by Gasteiger charge is -1.89. The van der Waals surface area contributed by atoms with Crippen molar-refractivity contribution in [3.05, 3.63) is 42.1 Å². The number of aryl methyl sites for hydroxylation is 2. The van der Waals surface area contributed by atoms with Crippen LogP contribution in [0.3, 0.4) is 0 Å². The molecule has 0 saturated heterocycles. The summed E-state index contributed by atoms with van der Waals surface area (Å²) in [4.78, 5) is 0. The van der Waals surface area contributed by atoms with Gasteiger partial charge in [-0.1, -0.05) is 30.3 Å². The van der Waals surface area contributed by atoms with Gasteiger partial charge in [-0.2, -0.15) is 0 Å². The monoisotopic (exact) mass is 174 g/mol. The highest BCUT2D eigenvalue weighted by molar-refractivity contribution is 5.56. The lowest BCUT2D eigenvalue weighted by molar-refractivity contribution is -0.847. The van der Waals surface area contributed by atoms with Gasteiger partial charge in [-0.25, -0.2) is 4.52 Å². The molecule has 0 aliphatic carbocycles. The van der Waals surface area contributed by atoms with Crippen LogP contribution in [0.4, 0.5) is 0 Å². The van der Waals surface area contributed by atoms with E-state index in [-0.39, 0.29) is 0 Å². The van der Waals surface area contributed by atoms with E-state index < -0.39 is 0 Å². The molecule has 0 spiro atoms. The van der Waals surface area contributed by atoms with Crippen LogP contribution in [0.5, 0.6) is 0 Å². The minimum absolute atomic E-state index is 0.917. The Balaban J connectivity index is 2.48. The van der Waals surface area contributed by atoms with Crippen molar-refractivity contribution in [3.8, 4) is 11.3 Å². The molecule has 1 aromatic heterocycles. The van der Waals surface area contributed by atoms with Crippen molar-refractivity contribution in [1.82, 2.24) is 0 Å². The quantitative estimate of drug-likeness (QED) is 0.605. The Hall–Kier alpha value is -1.57. The average molecular weight is 174 g/mol. The van der Waals surface area contributed by atoms with Gasteiger partial charge in [-0.3, -0.25) is 0 Å². The first-order valence-electron chi connectivity index (χ1n) is 4.30. The molecule has 0 radical (unpaired) electrons. The molecule has 0 amide bonds. The van der Waals surface area contributed by atoms with Crippen LogP contribution in [0.1, 0.15) is 5.69 Å². The first-order chi connectivity index (χ1) is 6.27. The topological polar surface area (TPSA) is 17.0 Å². The molecular formula is C11H12NO+. The van der Waals surface area contributed by atoms with Crippen LogP contribution in [-0.2, 0) is 7.05 Å². The Labute approximate surface area is 77.4 Å². The zero-order valence-corrected chi connectivity index (χ0v) is 7.82. The highest BCUT2D eigenvalue weighted by Crippen LogP contribution is 2.17. The molecule has 2 aromatic rings. The maximum Gasteiger partial charge on any atom is 0.228 e. The minimum Gasteiger partial charge on any atom is -0.236 e. The second-order valence-corrected chi connectivity index (χ2v) is 3.10. The van der Waals surface area contributed by atoms with Gasteiger partial charge in [0.25, 0.3) is 0 Å². The number of hydrogen-bond donors (Lipinski definition) is 0. The fraction of sp³-hybridized carbons (Fsp3) is 0.182. The van der Waals surface area contributed by atoms with E-state index in [2.05, 4.69) is 0 Å². The highest BCUT2D eigenvalue weighted by atomic mass is 16.5. The highest BCUT2D eigenvalue weighted by Gasteiger charge is 2.11. The van der Waals surface area contributed by atoms with Gasteiger partial charge in [-0.15, -0.1) is 0 Å². The molecule has 0 aliphatic heterocycles. The first-order valence-corrected chi connectivity index (χ1v) is 4.30. The largest absolute Gasteiger partial charge is 0.236 e. The van der Waals surface area contributed by atoms with Crippen molar-refractivity contribution in [1.29, 1.82) is 0 Å². The Morgan fingerprint density at radius 1 is 1.15 bits per heavy atom. The van der Waals surface area contributed by atoms with Crippen LogP contribution in [-0.4, -0.2) is 0 Å². The van der Waals surface area contributed by atoms with Gasteiger partial charge >= 0.3 is 0 Å². The Kier molecular flexibility index (Phi) is 1.89. The lowest BCUT2D eigenvalue weighted by Crippen LogP contribution is -2.27. The van der Waals surface area contributed by atoms with Crippen molar-refractivity contribution < 1.29 is 9.26 Å². The molecule has 1 heterocycles. The van der Waals surface area contributed by atoms with Crippen molar-refractivity contribution in [2.75, 3.05) is 0 Å². The maximum atomic E-state index is 5.52. The molecule has 2 heteroatoms. The van der Waals surface area contributed by atoms with E-state index in [1.807, 2.05) is 50.4 Å². The van der Waals surface area contributed by atoms with E-state index in [1.165, 1.54) is 0 Å². The van der Waals surface area contributed by atoms with E-state index in [0.717, 1.165) is 17.0 Å². The molecule has 0 fully saturated rings. The lowest BCUT2D eigenvalue weighted by atomic mass is 10.2. The summed E-state index contributed by atoms with van der Waals surface area (Å²) in [6.07, 6.45) is 0. The zero-order chi connectivity index (χ0) is 9.26. The summed E-state index contributed by atoms with van der Waals surface area (Å²) in [7, 11) is 1.90. The van der Waals surface area contributed by atoms with Crippen LogP contribution in [0.2, 0.25) is 0 Å². The first kappa shape index (κ1) is 8.05. The molecular weight excluding hydrogens is 162 g/mol. The summed E-state index contributed by atoms with van der Waals surface area (Å²) in [5.41, 5.74) is 2.24. The summed E-state index contributed by atoms with van der Waals surface area (Å²) in [5.74, 6) is 0.917. The molecule has 2 nitrogen and oxygen atoms in total. The average Bonchev–Trinajstić information content (AvgIpc) is 2.49. The van der Waals surface area contributed by atoms with E-state index >= 15 is 0 Å². The van der Waals surface area contributed by atoms with Crippen molar-refractivity contribution in [2.45, 2.75) is 6.92 Å². The smallest absolute Gasteiger partial charge is 0.228 e. The fourth-order valence-electron chi connectivity index (χ4n) is 1.26. The number of aromatic nitrogens is 1. The van der Waals surface area contributed by atoms with Gasteiger partial charge in [0.1, 0.15) is 0 Å². The van der Waals surface area contributed by atoms with Gasteiger partial charge in [0, 0.05) is 12.5 Å². The Morgan fingerprint density at radius 2 is 1.85 bits per heavy atom. The maximum absolute atomic E-state index is 5.52. The van der Waals surface area contributed by atoms with Gasteiger partial charge in [-0.05, 0) is 4.74 Å². The molecule has 2 rings (SSSR count). The number of hydrogen-bond acceptors (Lipinski definition) is 1. The van der Waals surface area contributed by atoms with Crippen LogP contribution < -0.4 is 4.74 Å². The predicted molar refractivity (Wildman–Crippen MR) is 50.1 cm³/mol. The molecule has 0 saturated carbocycles. The van der Waals surface area contributed by atoms with Gasteiger partial charge in [0.05, 0.1) is 6.07 Å². The molecule has 0 aliphatic rings. The molecule has 0 bridgehead atoms. The third-order valence-electron chi connectivity index (χ3n) is 2.13. The van der Waals surface area contributed by atoms with Crippen LogP contribution in [0.15, 0.2) is 40.9 Å². The van der Waals surface area contributed by atoms with E-state index in [9.17, 15) is 0 Å². The van der Waals surface area contributed by atoms with Crippen molar-refractivity contribution in [3.63, 3.8) is 0 Å². The Bertz CT molecular complexity index is 384.